The van der Waals surface area contributed by atoms with Gasteiger partial charge in [0.2, 0.25) is 0 Å². The second-order valence-corrected chi connectivity index (χ2v) is 10.1. The highest BCUT2D eigenvalue weighted by Crippen LogP contribution is 2.56. The first-order valence-corrected chi connectivity index (χ1v) is 12.3. The lowest BCUT2D eigenvalue weighted by molar-refractivity contribution is -0.0569. The molecule has 1 aromatic rings. The van der Waals surface area contributed by atoms with E-state index in [0.29, 0.717) is 0 Å². The zero-order chi connectivity index (χ0) is 20.8. The monoisotopic (exact) mass is 457 g/mol. The lowest BCUT2D eigenvalue weighted by Gasteiger charge is -2.25. The molecule has 11 nitrogen and oxygen atoms in total. The van der Waals surface area contributed by atoms with Gasteiger partial charge in [0.1, 0.15) is 12.2 Å². The molecule has 160 valence electrons. The third-order valence-electron chi connectivity index (χ3n) is 4.49. The first kappa shape index (κ1) is 23.9. The number of rotatable bonds is 8. The molecular weight excluding hydrogens is 432 g/mol. The van der Waals surface area contributed by atoms with Crippen molar-refractivity contribution in [2.75, 3.05) is 20.5 Å². The second kappa shape index (κ2) is 11.1. The molecule has 28 heavy (non-hydrogen) atoms. The van der Waals surface area contributed by atoms with Crippen LogP contribution >= 0.6 is 27.8 Å². The van der Waals surface area contributed by atoms with Crippen molar-refractivity contribution in [2.24, 2.45) is 11.8 Å². The number of aliphatic hydroxyl groups excluding tert-OH is 1. The van der Waals surface area contributed by atoms with Crippen LogP contribution in [0.4, 0.5) is 0 Å². The van der Waals surface area contributed by atoms with Crippen LogP contribution < -0.4 is 17.1 Å². The van der Waals surface area contributed by atoms with Gasteiger partial charge in [-0.1, -0.05) is 11.4 Å². The van der Waals surface area contributed by atoms with Crippen LogP contribution in [-0.2, 0) is 18.6 Å². The van der Waals surface area contributed by atoms with Crippen molar-refractivity contribution in [2.45, 2.75) is 36.6 Å². The summed E-state index contributed by atoms with van der Waals surface area (Å²) in [6.45, 7) is 0. The van der Waals surface area contributed by atoms with Gasteiger partial charge in [0.15, 0.2) is 6.23 Å². The summed E-state index contributed by atoms with van der Waals surface area (Å²) in [7, 11) is 0.903. The fraction of sp³-hybridized carbons (Fsp3) is 0.714. The summed E-state index contributed by atoms with van der Waals surface area (Å²) >= 11 is 1.33. The Labute approximate surface area is 168 Å². The SMILES string of the molecule is CO.COC1C(OP(ON)SC)C(C2CC2PO)OC1n1ccc(=O)[nH]c1=O. The van der Waals surface area contributed by atoms with Crippen LogP contribution in [-0.4, -0.2) is 64.0 Å². The number of aromatic amines is 1. The minimum Gasteiger partial charge on any atom is -0.400 e. The first-order chi connectivity index (χ1) is 13.5. The molecule has 5 N–H and O–H groups in total. The summed E-state index contributed by atoms with van der Waals surface area (Å²) in [6.07, 6.45) is 1.68. The molecule has 1 aromatic heterocycles. The van der Waals surface area contributed by atoms with Gasteiger partial charge in [0.25, 0.3) is 13.1 Å². The van der Waals surface area contributed by atoms with Crippen molar-refractivity contribution in [3.05, 3.63) is 33.1 Å². The zero-order valence-corrected chi connectivity index (χ0v) is 18.3. The molecule has 14 heteroatoms. The van der Waals surface area contributed by atoms with Crippen molar-refractivity contribution < 1.29 is 28.6 Å². The lowest BCUT2D eigenvalue weighted by atomic mass is 10.1. The standard InChI is InChI=1S/C13H21N3O7P2S.CH4O/c1-20-11-10(22-25(23-14)26-2)9(6-5-7(6)24-19)21-12(11)16-4-3-8(17)15-13(16)18;1-2/h3-4,6-7,9-12,19,24H,5,14H2,1-2H3,(H,15,17,18);2H,1H3. The van der Waals surface area contributed by atoms with Gasteiger partial charge >= 0.3 is 5.69 Å². The molecule has 0 aromatic carbocycles. The van der Waals surface area contributed by atoms with Crippen LogP contribution in [0, 0.1) is 5.92 Å². The van der Waals surface area contributed by atoms with Gasteiger partial charge in [0.05, 0.1) is 6.10 Å². The van der Waals surface area contributed by atoms with Crippen LogP contribution in [0.2, 0.25) is 0 Å². The van der Waals surface area contributed by atoms with Crippen LogP contribution in [0.5, 0.6) is 0 Å². The number of nitrogens with zero attached hydrogens (tertiary/aromatic N) is 1. The smallest absolute Gasteiger partial charge is 0.330 e. The van der Waals surface area contributed by atoms with Crippen molar-refractivity contribution in [3.8, 4) is 0 Å². The molecule has 1 saturated heterocycles. The fourth-order valence-corrected chi connectivity index (χ4v) is 5.40. The Morgan fingerprint density at radius 2 is 2.14 bits per heavy atom. The van der Waals surface area contributed by atoms with Crippen molar-refractivity contribution in [3.63, 3.8) is 0 Å². The summed E-state index contributed by atoms with van der Waals surface area (Å²) in [6, 6.07) is 1.24. The van der Waals surface area contributed by atoms with E-state index in [1.54, 1.807) is 0 Å². The molecule has 0 spiro atoms. The summed E-state index contributed by atoms with van der Waals surface area (Å²) in [5, 5.41) is 7.00. The molecule has 0 bridgehead atoms. The topological polar surface area (TPSA) is 158 Å². The minimum absolute atomic E-state index is 0.0981. The summed E-state index contributed by atoms with van der Waals surface area (Å²) in [5.41, 5.74) is -0.940. The van der Waals surface area contributed by atoms with Gasteiger partial charge in [-0.2, -0.15) is 0 Å². The van der Waals surface area contributed by atoms with E-state index in [2.05, 4.69) is 4.98 Å². The van der Waals surface area contributed by atoms with Crippen LogP contribution in [0.15, 0.2) is 21.9 Å². The molecule has 2 heterocycles. The molecule has 0 radical (unpaired) electrons. The number of H-pyrrole nitrogens is 1. The largest absolute Gasteiger partial charge is 0.400 e. The number of aliphatic hydroxyl groups is 1. The highest BCUT2D eigenvalue weighted by atomic mass is 32.7. The molecule has 1 aliphatic carbocycles. The predicted octanol–water partition coefficient (Wildman–Crippen LogP) is -0.103. The Kier molecular flexibility index (Phi) is 9.49. The number of ether oxygens (including phenoxy) is 2. The Balaban J connectivity index is 0.00000136. The molecule has 1 aliphatic heterocycles. The Morgan fingerprint density at radius 3 is 2.64 bits per heavy atom. The van der Waals surface area contributed by atoms with E-state index in [4.69, 9.17) is 29.6 Å². The van der Waals surface area contributed by atoms with E-state index in [-0.39, 0.29) is 26.5 Å². The van der Waals surface area contributed by atoms with E-state index >= 15 is 0 Å². The zero-order valence-electron chi connectivity index (χ0n) is 15.5. The maximum Gasteiger partial charge on any atom is 0.330 e. The van der Waals surface area contributed by atoms with Gasteiger partial charge in [-0.15, -0.1) is 0 Å². The maximum atomic E-state index is 12.2. The lowest BCUT2D eigenvalue weighted by Crippen LogP contribution is -2.39. The number of methoxy groups -OCH3 is 1. The molecule has 0 amide bonds. The fourth-order valence-electron chi connectivity index (χ4n) is 3.17. The van der Waals surface area contributed by atoms with Gasteiger partial charge in [0, 0.05) is 40.9 Å². The van der Waals surface area contributed by atoms with Gasteiger partial charge in [-0.05, 0) is 18.6 Å². The van der Waals surface area contributed by atoms with Crippen molar-refractivity contribution in [1.82, 2.24) is 9.55 Å². The quantitative estimate of drug-likeness (QED) is 0.307. The number of nitrogens with two attached hydrogens (primary N) is 1. The van der Waals surface area contributed by atoms with Crippen LogP contribution in [0.25, 0.3) is 0 Å². The molecule has 1 saturated carbocycles. The van der Waals surface area contributed by atoms with Crippen LogP contribution in [0.3, 0.4) is 0 Å². The minimum atomic E-state index is -1.41. The van der Waals surface area contributed by atoms with E-state index in [0.717, 1.165) is 13.5 Å². The van der Waals surface area contributed by atoms with Crippen molar-refractivity contribution >= 4 is 27.8 Å². The average molecular weight is 457 g/mol. The Hall–Kier alpha value is -0.390. The van der Waals surface area contributed by atoms with Crippen LogP contribution in [0.1, 0.15) is 12.6 Å². The number of aromatic nitrogens is 2. The third-order valence-corrected chi connectivity index (χ3v) is 7.79. The Morgan fingerprint density at radius 1 is 1.43 bits per heavy atom. The average Bonchev–Trinajstić information content (AvgIpc) is 3.41. The van der Waals surface area contributed by atoms with Gasteiger partial charge in [-0.25, -0.2) is 15.3 Å². The molecule has 2 fully saturated rings. The molecular formula is C14H25N3O8P2S. The third kappa shape index (κ3) is 5.20. The van der Waals surface area contributed by atoms with E-state index in [1.165, 1.54) is 35.3 Å². The molecule has 3 rings (SSSR count). The number of nitrogens with one attached hydrogen (secondary N) is 1. The first-order valence-electron chi connectivity index (χ1n) is 8.26. The predicted molar refractivity (Wildman–Crippen MR) is 107 cm³/mol. The highest BCUT2D eigenvalue weighted by Gasteiger charge is 2.57. The maximum absolute atomic E-state index is 12.2. The number of hydrogen-bond donors (Lipinski definition) is 4. The number of hydrogen-bond acceptors (Lipinski definition) is 10. The van der Waals surface area contributed by atoms with E-state index in [1.807, 2.05) is 6.26 Å². The Bertz CT molecular complexity index is 733. The van der Waals surface area contributed by atoms with Crippen molar-refractivity contribution in [1.29, 1.82) is 0 Å². The second-order valence-electron chi connectivity index (χ2n) is 5.93. The van der Waals surface area contributed by atoms with Gasteiger partial charge in [-0.3, -0.25) is 14.3 Å². The molecule has 2 aliphatic rings. The van der Waals surface area contributed by atoms with E-state index < -0.39 is 37.3 Å². The summed E-state index contributed by atoms with van der Waals surface area (Å²) in [5.74, 6) is 5.39. The summed E-state index contributed by atoms with van der Waals surface area (Å²) < 4.78 is 23.8. The molecule has 8 unspecified atom stereocenters. The van der Waals surface area contributed by atoms with Gasteiger partial charge < -0.3 is 24.0 Å². The molecule has 8 atom stereocenters. The normalized spacial score (nSPS) is 32.9. The summed E-state index contributed by atoms with van der Waals surface area (Å²) in [4.78, 5) is 35.2. The van der Waals surface area contributed by atoms with E-state index in [9.17, 15) is 14.5 Å². The highest BCUT2D eigenvalue weighted by molar-refractivity contribution is 8.52.